The standard InChI is InChI=1S/C13H12ClN3O2/c1-18-11-7-9(12-8-15-13(14)19-12)3-4-10(11)17-6-2-5-16-17/h2-7,12H,8H2,1H3. The minimum atomic E-state index is -0.145. The molecule has 0 N–H and O–H groups in total. The van der Waals surface area contributed by atoms with Crippen LogP contribution >= 0.6 is 11.6 Å². The predicted molar refractivity (Wildman–Crippen MR) is 72.1 cm³/mol. The van der Waals surface area contributed by atoms with Gasteiger partial charge >= 0.3 is 0 Å². The van der Waals surface area contributed by atoms with Gasteiger partial charge in [-0.05, 0) is 35.4 Å². The maximum Gasteiger partial charge on any atom is 0.283 e. The van der Waals surface area contributed by atoms with Gasteiger partial charge in [-0.15, -0.1) is 0 Å². The van der Waals surface area contributed by atoms with Crippen LogP contribution in [0.1, 0.15) is 11.7 Å². The highest BCUT2D eigenvalue weighted by atomic mass is 35.5. The number of rotatable bonds is 3. The molecule has 0 saturated carbocycles. The monoisotopic (exact) mass is 277 g/mol. The maximum absolute atomic E-state index is 5.73. The number of ether oxygens (including phenoxy) is 2. The molecule has 0 fully saturated rings. The van der Waals surface area contributed by atoms with Gasteiger partial charge in [-0.1, -0.05) is 6.07 Å². The molecule has 1 atom stereocenters. The summed E-state index contributed by atoms with van der Waals surface area (Å²) in [5.74, 6) is 0.729. The summed E-state index contributed by atoms with van der Waals surface area (Å²) < 4.78 is 12.6. The van der Waals surface area contributed by atoms with Gasteiger partial charge in [0.2, 0.25) is 0 Å². The first-order valence-corrected chi connectivity index (χ1v) is 6.20. The van der Waals surface area contributed by atoms with Gasteiger partial charge in [-0.2, -0.15) is 5.10 Å². The molecular weight excluding hydrogens is 266 g/mol. The zero-order chi connectivity index (χ0) is 13.2. The fourth-order valence-electron chi connectivity index (χ4n) is 2.02. The summed E-state index contributed by atoms with van der Waals surface area (Å²) in [6, 6.07) is 7.69. The molecule has 1 aromatic carbocycles. The van der Waals surface area contributed by atoms with Gasteiger partial charge in [0.1, 0.15) is 17.5 Å². The molecule has 0 saturated heterocycles. The molecule has 1 aliphatic heterocycles. The van der Waals surface area contributed by atoms with E-state index in [0.29, 0.717) is 6.54 Å². The molecule has 98 valence electrons. The van der Waals surface area contributed by atoms with Gasteiger partial charge in [-0.25, -0.2) is 9.67 Å². The second-order valence-electron chi connectivity index (χ2n) is 4.08. The molecule has 1 aliphatic rings. The third-order valence-electron chi connectivity index (χ3n) is 2.95. The third kappa shape index (κ3) is 2.29. The average molecular weight is 278 g/mol. The molecule has 0 radical (unpaired) electrons. The Labute approximate surface area is 115 Å². The van der Waals surface area contributed by atoms with E-state index in [1.54, 1.807) is 18.0 Å². The third-order valence-corrected chi connectivity index (χ3v) is 3.16. The Kier molecular flexibility index (Phi) is 3.13. The quantitative estimate of drug-likeness (QED) is 0.866. The average Bonchev–Trinajstić information content (AvgIpc) is 3.09. The number of aliphatic imine (C=N–C) groups is 1. The fraction of sp³-hybridized carbons (Fsp3) is 0.231. The van der Waals surface area contributed by atoms with Crippen LogP contribution in [-0.2, 0) is 4.74 Å². The van der Waals surface area contributed by atoms with Crippen molar-refractivity contribution in [2.75, 3.05) is 13.7 Å². The first kappa shape index (κ1) is 12.0. The van der Waals surface area contributed by atoms with Gasteiger partial charge < -0.3 is 9.47 Å². The van der Waals surface area contributed by atoms with Crippen molar-refractivity contribution >= 4 is 17.0 Å². The van der Waals surface area contributed by atoms with E-state index in [0.717, 1.165) is 17.0 Å². The number of aromatic nitrogens is 2. The van der Waals surface area contributed by atoms with Gasteiger partial charge in [-0.3, -0.25) is 0 Å². The second-order valence-corrected chi connectivity index (χ2v) is 4.41. The van der Waals surface area contributed by atoms with E-state index in [-0.39, 0.29) is 11.5 Å². The van der Waals surface area contributed by atoms with Crippen LogP contribution in [0.4, 0.5) is 0 Å². The Hall–Kier alpha value is -2.01. The Morgan fingerprint density at radius 2 is 2.37 bits per heavy atom. The van der Waals surface area contributed by atoms with E-state index in [1.165, 1.54) is 0 Å². The number of nitrogens with zero attached hydrogens (tertiary/aromatic N) is 3. The van der Waals surface area contributed by atoms with Gasteiger partial charge in [0, 0.05) is 12.4 Å². The summed E-state index contributed by atoms with van der Waals surface area (Å²) in [6.07, 6.45) is 3.44. The highest BCUT2D eigenvalue weighted by molar-refractivity contribution is 6.63. The molecule has 2 aromatic rings. The van der Waals surface area contributed by atoms with E-state index in [4.69, 9.17) is 21.1 Å². The summed E-state index contributed by atoms with van der Waals surface area (Å²) >= 11 is 5.73. The smallest absolute Gasteiger partial charge is 0.283 e. The largest absolute Gasteiger partial charge is 0.494 e. The summed E-state index contributed by atoms with van der Waals surface area (Å²) in [5, 5.41) is 4.40. The summed E-state index contributed by atoms with van der Waals surface area (Å²) in [5.41, 5.74) is 1.86. The molecule has 0 aliphatic carbocycles. The highest BCUT2D eigenvalue weighted by Gasteiger charge is 2.21. The SMILES string of the molecule is COc1cc(C2CN=C(Cl)O2)ccc1-n1cccn1. The zero-order valence-electron chi connectivity index (χ0n) is 10.3. The van der Waals surface area contributed by atoms with Crippen LogP contribution in [-0.4, -0.2) is 28.8 Å². The molecule has 5 nitrogen and oxygen atoms in total. The molecule has 0 amide bonds. The molecule has 0 bridgehead atoms. The van der Waals surface area contributed by atoms with E-state index < -0.39 is 0 Å². The first-order valence-electron chi connectivity index (χ1n) is 5.82. The lowest BCUT2D eigenvalue weighted by molar-refractivity contribution is 0.235. The van der Waals surface area contributed by atoms with Crippen molar-refractivity contribution in [3.63, 3.8) is 0 Å². The summed E-state index contributed by atoms with van der Waals surface area (Å²) in [7, 11) is 1.63. The normalized spacial score (nSPS) is 18.0. The van der Waals surface area contributed by atoms with Crippen LogP contribution in [0.3, 0.4) is 0 Å². The summed E-state index contributed by atoms with van der Waals surface area (Å²) in [6.45, 7) is 0.531. The molecular formula is C13H12ClN3O2. The Bertz CT molecular complexity index is 610. The number of hydrogen-bond donors (Lipinski definition) is 0. The van der Waals surface area contributed by atoms with Crippen molar-refractivity contribution in [3.05, 3.63) is 42.2 Å². The van der Waals surface area contributed by atoms with Crippen molar-refractivity contribution < 1.29 is 9.47 Å². The number of hydrogen-bond acceptors (Lipinski definition) is 4. The molecule has 19 heavy (non-hydrogen) atoms. The van der Waals surface area contributed by atoms with Crippen LogP contribution in [0.2, 0.25) is 0 Å². The van der Waals surface area contributed by atoms with Crippen LogP contribution in [0.5, 0.6) is 5.75 Å². The van der Waals surface area contributed by atoms with Gasteiger partial charge in [0.05, 0.1) is 13.7 Å². The van der Waals surface area contributed by atoms with E-state index >= 15 is 0 Å². The first-order chi connectivity index (χ1) is 9.28. The Morgan fingerprint density at radius 3 is 3.00 bits per heavy atom. The van der Waals surface area contributed by atoms with Crippen LogP contribution < -0.4 is 4.74 Å². The molecule has 1 unspecified atom stereocenters. The lowest BCUT2D eigenvalue weighted by Gasteiger charge is -2.14. The van der Waals surface area contributed by atoms with E-state index in [1.807, 2.05) is 30.5 Å². The second kappa shape index (κ2) is 4.93. The molecule has 2 heterocycles. The topological polar surface area (TPSA) is 48.6 Å². The fourth-order valence-corrected chi connectivity index (χ4v) is 2.19. The van der Waals surface area contributed by atoms with Crippen LogP contribution in [0.25, 0.3) is 5.69 Å². The minimum Gasteiger partial charge on any atom is -0.494 e. The maximum atomic E-state index is 5.73. The minimum absolute atomic E-state index is 0.145. The lowest BCUT2D eigenvalue weighted by Crippen LogP contribution is -2.04. The highest BCUT2D eigenvalue weighted by Crippen LogP contribution is 2.30. The van der Waals surface area contributed by atoms with Crippen LogP contribution in [0.15, 0.2) is 41.7 Å². The number of halogens is 1. The van der Waals surface area contributed by atoms with E-state index in [2.05, 4.69) is 10.1 Å². The molecule has 1 aromatic heterocycles. The molecule has 6 heteroatoms. The molecule has 3 rings (SSSR count). The Balaban J connectivity index is 1.94. The lowest BCUT2D eigenvalue weighted by atomic mass is 10.1. The van der Waals surface area contributed by atoms with Crippen molar-refractivity contribution in [2.24, 2.45) is 4.99 Å². The van der Waals surface area contributed by atoms with Crippen LogP contribution in [0, 0.1) is 0 Å². The predicted octanol–water partition coefficient (Wildman–Crippen LogP) is 2.55. The van der Waals surface area contributed by atoms with Crippen molar-refractivity contribution in [1.29, 1.82) is 0 Å². The Morgan fingerprint density at radius 1 is 1.47 bits per heavy atom. The van der Waals surface area contributed by atoms with Gasteiger partial charge in [0.15, 0.2) is 0 Å². The number of methoxy groups -OCH3 is 1. The van der Waals surface area contributed by atoms with Crippen molar-refractivity contribution in [2.45, 2.75) is 6.10 Å². The number of benzene rings is 1. The van der Waals surface area contributed by atoms with E-state index in [9.17, 15) is 0 Å². The molecule has 0 spiro atoms. The zero-order valence-corrected chi connectivity index (χ0v) is 11.0. The van der Waals surface area contributed by atoms with Gasteiger partial charge in [0.25, 0.3) is 5.36 Å². The summed E-state index contributed by atoms with van der Waals surface area (Å²) in [4.78, 5) is 4.02. The van der Waals surface area contributed by atoms with Crippen molar-refractivity contribution in [1.82, 2.24) is 9.78 Å². The van der Waals surface area contributed by atoms with Crippen molar-refractivity contribution in [3.8, 4) is 11.4 Å².